The summed E-state index contributed by atoms with van der Waals surface area (Å²) in [6.07, 6.45) is 12.2. The van der Waals surface area contributed by atoms with Crippen molar-refractivity contribution < 1.29 is 24.2 Å². The number of hydrogen-bond donors (Lipinski definition) is 0. The average molecular weight is 619 g/mol. The van der Waals surface area contributed by atoms with Crippen LogP contribution in [-0.4, -0.2) is 4.21 Å². The van der Waals surface area contributed by atoms with Crippen LogP contribution < -0.4 is 0 Å². The molecule has 2 aliphatic rings. The van der Waals surface area contributed by atoms with Crippen molar-refractivity contribution in [3.8, 4) is 11.1 Å². The van der Waals surface area contributed by atoms with Crippen LogP contribution in [0.4, 0.5) is 0 Å². The fourth-order valence-electron chi connectivity index (χ4n) is 3.71. The Bertz CT molecular complexity index is 1130. The Morgan fingerprint density at radius 2 is 1.47 bits per heavy atom. The third-order valence-electron chi connectivity index (χ3n) is 5.48. The van der Waals surface area contributed by atoms with Gasteiger partial charge in [0.25, 0.3) is 0 Å². The standard InChI is InChI=1S/C15H13.C8H9.C6H5.C5H5.CH2.2ClH.Zr/c1-10-3-5-14-12(7-10)9-13-8-11(2)4-6-15(13)14;1-2-8-6-4-3-5-7-8;1-2-4-6-5-3-1;1-2-4-5-3-1;;;;/h3-7H,9H2,1-2H3;4-7H,2H2,1H3;1-5H;1-3H,4H2;1H2;2*1H;/q4*-1;;;;. The molecule has 0 N–H and O–H groups in total. The molecule has 0 atom stereocenters. The van der Waals surface area contributed by atoms with E-state index in [-0.39, 0.29) is 24.8 Å². The van der Waals surface area contributed by atoms with Crippen molar-refractivity contribution in [2.45, 2.75) is 40.0 Å². The number of benzene rings is 4. The first-order chi connectivity index (χ1) is 17.7. The minimum Gasteiger partial charge on any atom is -0.184 e. The second-order valence-electron chi connectivity index (χ2n) is 8.21. The Hall–Kier alpha value is -2.31. The quantitative estimate of drug-likeness (QED) is 0.164. The zero-order valence-corrected chi connectivity index (χ0v) is 26.6. The molecule has 6 rings (SSSR count). The molecule has 0 aromatic heterocycles. The normalized spacial score (nSPS) is 10.5. The molecule has 0 nitrogen and oxygen atoms in total. The smallest absolute Gasteiger partial charge is 0.171 e. The molecule has 198 valence electrons. The van der Waals surface area contributed by atoms with E-state index < -0.39 is 0 Å². The summed E-state index contributed by atoms with van der Waals surface area (Å²) < 4.78 is 3.34. The average Bonchev–Trinajstić information content (AvgIpc) is 3.63. The van der Waals surface area contributed by atoms with Gasteiger partial charge in [0.2, 0.25) is 0 Å². The van der Waals surface area contributed by atoms with Crippen LogP contribution in [0.1, 0.15) is 41.2 Å². The SMILES string of the molecule is CCc1cc[c-]cc1.Cc1[c-]c2c(cc1)-c1ccc(C)cc1C2.Cl.Cl.[C-]1=CC=CC1.[CH2]=[Zr].[c-]1ccccc1. The van der Waals surface area contributed by atoms with Crippen LogP contribution in [0.2, 0.25) is 0 Å². The van der Waals surface area contributed by atoms with Gasteiger partial charge in [-0.25, -0.2) is 12.2 Å². The molecule has 0 radical (unpaired) electrons. The van der Waals surface area contributed by atoms with E-state index in [4.69, 9.17) is 0 Å². The summed E-state index contributed by atoms with van der Waals surface area (Å²) in [6.45, 7) is 6.40. The van der Waals surface area contributed by atoms with Gasteiger partial charge in [-0.3, -0.25) is 6.08 Å². The fraction of sp³-hybridized carbons (Fsp3) is 0.171. The molecular weight excluding hydrogens is 583 g/mol. The van der Waals surface area contributed by atoms with Gasteiger partial charge in [0.05, 0.1) is 0 Å². The van der Waals surface area contributed by atoms with E-state index in [1.54, 1.807) is 0 Å². The summed E-state index contributed by atoms with van der Waals surface area (Å²) in [4.78, 5) is 0. The number of hydrogen-bond acceptors (Lipinski definition) is 0. The van der Waals surface area contributed by atoms with Gasteiger partial charge in [0, 0.05) is 0 Å². The van der Waals surface area contributed by atoms with Crippen molar-refractivity contribution in [1.29, 1.82) is 0 Å². The van der Waals surface area contributed by atoms with Crippen LogP contribution in [-0.2, 0) is 37.1 Å². The first-order valence-electron chi connectivity index (χ1n) is 12.2. The molecule has 0 fully saturated rings. The molecule has 3 heteroatoms. The van der Waals surface area contributed by atoms with Gasteiger partial charge >= 0.3 is 28.4 Å². The van der Waals surface area contributed by atoms with E-state index in [0.29, 0.717) is 0 Å². The fourth-order valence-corrected chi connectivity index (χ4v) is 3.71. The Morgan fingerprint density at radius 3 is 1.95 bits per heavy atom. The van der Waals surface area contributed by atoms with Crippen LogP contribution in [0.25, 0.3) is 11.1 Å². The number of aryl methyl sites for hydroxylation is 3. The zero-order chi connectivity index (χ0) is 26.0. The summed E-state index contributed by atoms with van der Waals surface area (Å²) in [5.74, 6) is 0. The van der Waals surface area contributed by atoms with E-state index in [9.17, 15) is 0 Å². The molecule has 0 amide bonds. The summed E-state index contributed by atoms with van der Waals surface area (Å²) in [5.41, 5.74) is 9.53. The maximum absolute atomic E-state index is 3.45. The second kappa shape index (κ2) is 21.6. The van der Waals surface area contributed by atoms with Crippen molar-refractivity contribution >= 4 is 29.0 Å². The predicted octanol–water partition coefficient (Wildman–Crippen LogP) is 9.33. The molecule has 2 aliphatic carbocycles. The molecule has 0 unspecified atom stereocenters. The van der Waals surface area contributed by atoms with Crippen molar-refractivity contribution in [2.24, 2.45) is 0 Å². The van der Waals surface area contributed by atoms with Crippen LogP contribution in [0, 0.1) is 38.1 Å². The Labute approximate surface area is 258 Å². The van der Waals surface area contributed by atoms with Crippen molar-refractivity contribution in [2.75, 3.05) is 0 Å². The van der Waals surface area contributed by atoms with Crippen LogP contribution in [0.3, 0.4) is 0 Å². The Kier molecular flexibility index (Phi) is 20.3. The minimum absolute atomic E-state index is 0. The maximum atomic E-state index is 3.45. The largest absolute Gasteiger partial charge is 0.184 e. The summed E-state index contributed by atoms with van der Waals surface area (Å²) >= 11 is 1.30. The van der Waals surface area contributed by atoms with E-state index in [0.717, 1.165) is 19.3 Å². The van der Waals surface area contributed by atoms with Gasteiger partial charge in [-0.05, 0) is 18.9 Å². The molecular formula is C35H36Cl2Zr-4. The topological polar surface area (TPSA) is 0 Å². The summed E-state index contributed by atoms with van der Waals surface area (Å²) in [7, 11) is 0. The van der Waals surface area contributed by atoms with Gasteiger partial charge in [-0.2, -0.15) is 102 Å². The zero-order valence-electron chi connectivity index (χ0n) is 22.5. The van der Waals surface area contributed by atoms with Crippen molar-refractivity contribution in [3.63, 3.8) is 0 Å². The Balaban J connectivity index is 0.000000508. The Morgan fingerprint density at radius 1 is 0.816 bits per heavy atom. The van der Waals surface area contributed by atoms with Crippen molar-refractivity contribution in [1.82, 2.24) is 0 Å². The number of fused-ring (bicyclic) bond motifs is 3. The monoisotopic (exact) mass is 616 g/mol. The van der Waals surface area contributed by atoms with Crippen LogP contribution in [0.5, 0.6) is 0 Å². The predicted molar refractivity (Wildman–Crippen MR) is 166 cm³/mol. The first kappa shape index (κ1) is 35.7. The summed E-state index contributed by atoms with van der Waals surface area (Å²) in [6, 6.07) is 38.1. The molecule has 0 saturated carbocycles. The van der Waals surface area contributed by atoms with E-state index in [1.165, 1.54) is 63.2 Å². The molecule has 0 saturated heterocycles. The third kappa shape index (κ3) is 13.0. The van der Waals surface area contributed by atoms with Gasteiger partial charge in [-0.15, -0.1) is 42.4 Å². The number of halogens is 2. The minimum atomic E-state index is 0. The van der Waals surface area contributed by atoms with E-state index in [2.05, 4.69) is 97.8 Å². The number of allylic oxidation sites excluding steroid dienone is 4. The van der Waals surface area contributed by atoms with Crippen molar-refractivity contribution in [3.05, 3.63) is 155 Å². The van der Waals surface area contributed by atoms with Gasteiger partial charge < -0.3 is 0 Å². The second-order valence-corrected chi connectivity index (χ2v) is 8.21. The van der Waals surface area contributed by atoms with Gasteiger partial charge in [0.1, 0.15) is 0 Å². The molecule has 38 heavy (non-hydrogen) atoms. The van der Waals surface area contributed by atoms with Crippen LogP contribution in [0.15, 0.2) is 103 Å². The third-order valence-corrected chi connectivity index (χ3v) is 5.48. The van der Waals surface area contributed by atoms with Crippen LogP contribution >= 0.6 is 24.8 Å². The molecule has 4 aromatic rings. The van der Waals surface area contributed by atoms with E-state index in [1.807, 2.05) is 54.6 Å². The van der Waals surface area contributed by atoms with E-state index >= 15 is 0 Å². The first-order valence-corrected chi connectivity index (χ1v) is 14.0. The van der Waals surface area contributed by atoms with Gasteiger partial charge in [-0.1, -0.05) is 49.6 Å². The number of rotatable bonds is 1. The van der Waals surface area contributed by atoms with Gasteiger partial charge in [0.15, 0.2) is 0 Å². The molecule has 0 bridgehead atoms. The molecule has 0 spiro atoms. The molecule has 4 aromatic carbocycles. The maximum Gasteiger partial charge on any atom is -0.171 e. The molecule has 0 heterocycles. The molecule has 0 aliphatic heterocycles. The summed E-state index contributed by atoms with van der Waals surface area (Å²) in [5, 5.41) is 0.